The van der Waals surface area contributed by atoms with Crippen LogP contribution in [0, 0.1) is 0 Å². The van der Waals surface area contributed by atoms with Gasteiger partial charge in [-0.05, 0) is 18.5 Å². The summed E-state index contributed by atoms with van der Waals surface area (Å²) in [6.07, 6.45) is 6.29. The topological polar surface area (TPSA) is 12.4 Å². The van der Waals surface area contributed by atoms with E-state index in [0.717, 1.165) is 6.42 Å². The van der Waals surface area contributed by atoms with Gasteiger partial charge in [-0.3, -0.25) is 4.99 Å². The van der Waals surface area contributed by atoms with Gasteiger partial charge in [0.25, 0.3) is 0 Å². The van der Waals surface area contributed by atoms with Crippen LogP contribution in [-0.2, 0) is 0 Å². The Hall–Kier alpha value is -0.525. The Labute approximate surface area is 44.6 Å². The number of allylic oxidation sites excluding steroid dienone is 1. The first kappa shape index (κ1) is 4.63. The number of nitrogens with zero attached hydrogens (tertiary/aromatic N) is 1. The van der Waals surface area contributed by atoms with E-state index >= 15 is 0 Å². The minimum Gasteiger partial charge on any atom is -0.277 e. The lowest BCUT2D eigenvalue weighted by Crippen LogP contribution is -1.97. The van der Waals surface area contributed by atoms with Crippen molar-refractivity contribution in [3.63, 3.8) is 0 Å². The van der Waals surface area contributed by atoms with Crippen LogP contribution in [0.4, 0.5) is 0 Å². The van der Waals surface area contributed by atoms with Crippen molar-refractivity contribution in [1.82, 2.24) is 0 Å². The van der Waals surface area contributed by atoms with Crippen molar-refractivity contribution in [3.05, 3.63) is 12.3 Å². The quantitative estimate of drug-likeness (QED) is 0.382. The van der Waals surface area contributed by atoms with Crippen LogP contribution in [0.1, 0.15) is 12.8 Å². The number of aliphatic imine (C=N–C) groups is 1. The molecule has 1 heterocycles. The van der Waals surface area contributed by atoms with Gasteiger partial charge in [-0.25, -0.2) is 0 Å². The maximum absolute atomic E-state index is 4.07. The molecule has 0 saturated carbocycles. The number of hydrogen-bond acceptors (Lipinski definition) is 1. The van der Waals surface area contributed by atoms with Gasteiger partial charge >= 0.3 is 0 Å². The molecule has 1 aliphatic rings. The van der Waals surface area contributed by atoms with Crippen LogP contribution in [0.25, 0.3) is 0 Å². The van der Waals surface area contributed by atoms with Gasteiger partial charge in [0.05, 0.1) is 0 Å². The highest BCUT2D eigenvalue weighted by molar-refractivity contribution is 6.59. The zero-order chi connectivity index (χ0) is 5.11. The van der Waals surface area contributed by atoms with E-state index in [0.29, 0.717) is 0 Å². The van der Waals surface area contributed by atoms with Crippen LogP contribution in [-0.4, -0.2) is 13.5 Å². The van der Waals surface area contributed by atoms with Crippen molar-refractivity contribution < 1.29 is 0 Å². The van der Waals surface area contributed by atoms with Gasteiger partial charge in [0.1, 0.15) is 0 Å². The molecule has 2 heteroatoms. The van der Waals surface area contributed by atoms with Crippen molar-refractivity contribution >= 4 is 13.5 Å². The molecule has 0 aromatic carbocycles. The maximum atomic E-state index is 4.07. The van der Waals surface area contributed by atoms with E-state index < -0.39 is 0 Å². The Bertz CT molecular complexity index is 115. The highest BCUT2D eigenvalue weighted by Crippen LogP contribution is 1.98. The highest BCUT2D eigenvalue weighted by Gasteiger charge is 1.90. The number of rotatable bonds is 0. The molecule has 0 N–H and O–H groups in total. The average Bonchev–Trinajstić information content (AvgIpc) is 1.69. The zero-order valence-corrected chi connectivity index (χ0v) is 4.52. The second kappa shape index (κ2) is 1.96. The Morgan fingerprint density at radius 2 is 2.57 bits per heavy atom. The lowest BCUT2D eigenvalue weighted by Gasteiger charge is -1.98. The fraction of sp³-hybridized carbons (Fsp3) is 0.400. The Morgan fingerprint density at radius 1 is 1.71 bits per heavy atom. The molecule has 0 aromatic rings. The molecule has 0 radical (unpaired) electrons. The van der Waals surface area contributed by atoms with Gasteiger partial charge in [0.2, 0.25) is 0 Å². The summed E-state index contributed by atoms with van der Waals surface area (Å²) < 4.78 is 0. The van der Waals surface area contributed by atoms with Crippen LogP contribution in [0.5, 0.6) is 0 Å². The summed E-state index contributed by atoms with van der Waals surface area (Å²) in [5, 5.41) is 0. The van der Waals surface area contributed by atoms with Gasteiger partial charge in [0, 0.05) is 6.20 Å². The van der Waals surface area contributed by atoms with Crippen LogP contribution >= 0.6 is 0 Å². The third-order valence-corrected chi connectivity index (χ3v) is 1.07. The molecule has 1 rings (SSSR count). The summed E-state index contributed by atoms with van der Waals surface area (Å²) in [7, 11) is 2.06. The van der Waals surface area contributed by atoms with E-state index in [-0.39, 0.29) is 0 Å². The first-order valence-electron chi connectivity index (χ1n) is 2.58. The monoisotopic (exact) mass is 93.1 g/mol. The van der Waals surface area contributed by atoms with E-state index in [1.807, 2.05) is 6.20 Å². The maximum Gasteiger partial charge on any atom is 0.158 e. The molecule has 0 unspecified atom stereocenters. The molecule has 0 saturated heterocycles. The van der Waals surface area contributed by atoms with Gasteiger partial charge < -0.3 is 0 Å². The minimum absolute atomic E-state index is 1.15. The van der Waals surface area contributed by atoms with Gasteiger partial charge in [-0.15, -0.1) is 0 Å². The van der Waals surface area contributed by atoms with E-state index in [2.05, 4.69) is 18.9 Å². The minimum atomic E-state index is 1.15. The van der Waals surface area contributed by atoms with Gasteiger partial charge in [-0.2, -0.15) is 0 Å². The predicted molar refractivity (Wildman–Crippen MR) is 34.4 cm³/mol. The van der Waals surface area contributed by atoms with Gasteiger partial charge in [0.15, 0.2) is 7.85 Å². The van der Waals surface area contributed by atoms with Gasteiger partial charge in [-0.1, -0.05) is 6.08 Å². The molecular formula is C5H8BN. The summed E-state index contributed by atoms with van der Waals surface area (Å²) in [6, 6.07) is 0. The molecule has 7 heavy (non-hydrogen) atoms. The summed E-state index contributed by atoms with van der Waals surface area (Å²) in [4.78, 5) is 4.07. The Balaban J connectivity index is 2.57. The fourth-order valence-electron chi connectivity index (χ4n) is 0.611. The molecule has 1 nitrogen and oxygen atoms in total. The average molecular weight is 92.9 g/mol. The standard InChI is InChI=1S/C5H8BN/c6-5-3-1-2-4-7-5/h2,4H,1,3,6H2. The summed E-state index contributed by atoms with van der Waals surface area (Å²) in [6.45, 7) is 0. The first-order valence-corrected chi connectivity index (χ1v) is 2.58. The second-order valence-electron chi connectivity index (χ2n) is 1.79. The molecule has 0 aromatic heterocycles. The first-order chi connectivity index (χ1) is 3.39. The second-order valence-corrected chi connectivity index (χ2v) is 1.79. The molecule has 36 valence electrons. The molecule has 0 atom stereocenters. The van der Waals surface area contributed by atoms with E-state index in [1.54, 1.807) is 0 Å². The zero-order valence-electron chi connectivity index (χ0n) is 4.52. The molecule has 0 bridgehead atoms. The third kappa shape index (κ3) is 1.18. The van der Waals surface area contributed by atoms with Crippen LogP contribution in [0.15, 0.2) is 17.3 Å². The van der Waals surface area contributed by atoms with Crippen LogP contribution < -0.4 is 0 Å². The summed E-state index contributed by atoms with van der Waals surface area (Å²) in [5.41, 5.74) is 1.25. The molecular weight excluding hydrogens is 84.9 g/mol. The lowest BCUT2D eigenvalue weighted by atomic mass is 9.95. The van der Waals surface area contributed by atoms with Crippen molar-refractivity contribution in [3.8, 4) is 0 Å². The summed E-state index contributed by atoms with van der Waals surface area (Å²) in [5.74, 6) is 0. The van der Waals surface area contributed by atoms with Crippen LogP contribution in [0.3, 0.4) is 0 Å². The van der Waals surface area contributed by atoms with E-state index in [4.69, 9.17) is 0 Å². The molecule has 0 aliphatic carbocycles. The largest absolute Gasteiger partial charge is 0.277 e. The molecule has 1 aliphatic heterocycles. The lowest BCUT2D eigenvalue weighted by molar-refractivity contribution is 1.08. The highest BCUT2D eigenvalue weighted by atomic mass is 14.7. The molecule has 0 spiro atoms. The summed E-state index contributed by atoms with van der Waals surface area (Å²) >= 11 is 0. The normalized spacial score (nSPS) is 19.1. The Kier molecular flexibility index (Phi) is 1.30. The molecule has 0 fully saturated rings. The van der Waals surface area contributed by atoms with E-state index in [9.17, 15) is 0 Å². The molecule has 0 amide bonds. The SMILES string of the molecule is BC1=NC=CCC1. The Morgan fingerprint density at radius 3 is 2.86 bits per heavy atom. The van der Waals surface area contributed by atoms with E-state index in [1.165, 1.54) is 12.0 Å². The van der Waals surface area contributed by atoms with Crippen molar-refractivity contribution in [2.45, 2.75) is 12.8 Å². The smallest absolute Gasteiger partial charge is 0.158 e. The third-order valence-electron chi connectivity index (χ3n) is 1.07. The van der Waals surface area contributed by atoms with Crippen molar-refractivity contribution in [1.29, 1.82) is 0 Å². The van der Waals surface area contributed by atoms with Crippen molar-refractivity contribution in [2.24, 2.45) is 4.99 Å². The van der Waals surface area contributed by atoms with Crippen LogP contribution in [0.2, 0.25) is 0 Å². The predicted octanol–water partition coefficient (Wildman–Crippen LogP) is 0.326. The number of hydrogen-bond donors (Lipinski definition) is 0. The fourth-order valence-corrected chi connectivity index (χ4v) is 0.611. The van der Waals surface area contributed by atoms with Crippen molar-refractivity contribution in [2.75, 3.05) is 0 Å².